The number of methoxy groups -OCH3 is 2. The Morgan fingerprint density at radius 3 is 1.24 bits per heavy atom. The van der Waals surface area contributed by atoms with Crippen molar-refractivity contribution in [3.63, 3.8) is 0 Å². The monoisotopic (exact) mass is 1470 g/mol. The van der Waals surface area contributed by atoms with Crippen LogP contribution in [0.3, 0.4) is 0 Å². The Bertz CT molecular complexity index is 4040. The molecule has 6 aromatic carbocycles. The fraction of sp³-hybridized carbons (Fsp3) is 0.370. The normalized spacial score (nSPS) is 13.8. The molecular formula is C73H85Cl2F2N15O12+2. The molecule has 2 saturated heterocycles. The van der Waals surface area contributed by atoms with Gasteiger partial charge in [-0.2, -0.15) is 0 Å². The Kier molecular flexibility index (Phi) is 27.5. The standard InChI is InChI=1S/C73H83Cl2F2N15O12/c1-90(20-18-66(93)78-40-68(95)80-42-70(97)86-50-10-6-48(7-11-50)44-91(24-30-101-31-25-91)22-4-28-103-64-36-54-60(38-62(64)99-2)82-46-84-72(54)88-52-14-16-58(76)56(74)34-52)21-19-67(94)79-41-69(96)81-43-71(98)87-51-12-8-49(9-13-51)45-92(26-32-102-33-27-92)23-5-29-104-65-37-55-61(39-63(65)100-3)83-47-85-73(55)89-53-15-17-59(77)57(75)35-53/h6-17,34-39,46-47H,4-5,18-33,40-45H2,1-3H3,(H6-2,78,79,80,81,82,83,84,85,86,87,88,89,93,94,95,96,97,98)/p+2. The first-order valence-electron chi connectivity index (χ1n) is 34.1. The zero-order chi connectivity index (χ0) is 73.4. The molecular weight excluding hydrogens is 1390 g/mol. The van der Waals surface area contributed by atoms with Gasteiger partial charge < -0.3 is 84.8 Å². The lowest BCUT2D eigenvalue weighted by Gasteiger charge is -2.41. The Morgan fingerprint density at radius 1 is 0.481 bits per heavy atom. The van der Waals surface area contributed by atoms with Gasteiger partial charge in [-0.15, -0.1) is 0 Å². The summed E-state index contributed by atoms with van der Waals surface area (Å²) in [5.41, 5.74) is 5.60. The molecule has 0 radical (unpaired) electrons. The number of nitrogens with zero attached hydrogens (tertiary/aromatic N) is 7. The Balaban J connectivity index is 0.564. The van der Waals surface area contributed by atoms with E-state index in [1.165, 1.54) is 36.9 Å². The van der Waals surface area contributed by atoms with Crippen molar-refractivity contribution in [1.82, 2.24) is 46.1 Å². The highest BCUT2D eigenvalue weighted by atomic mass is 35.5. The summed E-state index contributed by atoms with van der Waals surface area (Å²) in [7, 11) is 4.86. The van der Waals surface area contributed by atoms with Gasteiger partial charge in [-0.25, -0.2) is 28.7 Å². The highest BCUT2D eigenvalue weighted by Gasteiger charge is 2.32. The van der Waals surface area contributed by atoms with Crippen LogP contribution < -0.4 is 61.5 Å². The highest BCUT2D eigenvalue weighted by Crippen LogP contribution is 2.38. The second kappa shape index (κ2) is 37.3. The molecule has 0 atom stereocenters. The highest BCUT2D eigenvalue weighted by molar-refractivity contribution is 6.31. The van der Waals surface area contributed by atoms with Gasteiger partial charge in [-0.05, 0) is 79.8 Å². The summed E-state index contributed by atoms with van der Waals surface area (Å²) in [6.45, 7) is 8.82. The van der Waals surface area contributed by atoms with Gasteiger partial charge >= 0.3 is 0 Å². The van der Waals surface area contributed by atoms with Gasteiger partial charge in [0.05, 0.1) is 114 Å². The van der Waals surface area contributed by atoms with E-state index in [4.69, 9.17) is 51.6 Å². The van der Waals surface area contributed by atoms with Gasteiger partial charge in [0.15, 0.2) is 23.0 Å². The second-order valence-electron chi connectivity index (χ2n) is 25.4. The lowest BCUT2D eigenvalue weighted by molar-refractivity contribution is -0.947. The van der Waals surface area contributed by atoms with Crippen molar-refractivity contribution in [3.8, 4) is 23.0 Å². The summed E-state index contributed by atoms with van der Waals surface area (Å²) < 4.78 is 64.7. The van der Waals surface area contributed by atoms with Crippen molar-refractivity contribution in [1.29, 1.82) is 0 Å². The average molecular weight is 1470 g/mol. The maximum Gasteiger partial charge on any atom is 0.243 e. The summed E-state index contributed by atoms with van der Waals surface area (Å²) >= 11 is 12.0. The van der Waals surface area contributed by atoms with Gasteiger partial charge in [0.25, 0.3) is 0 Å². The number of anilines is 6. The number of hydrogen-bond donors (Lipinski definition) is 8. The van der Waals surface area contributed by atoms with E-state index in [9.17, 15) is 37.5 Å². The summed E-state index contributed by atoms with van der Waals surface area (Å²) in [6.07, 6.45) is 4.37. The molecule has 8 N–H and O–H groups in total. The predicted octanol–water partition coefficient (Wildman–Crippen LogP) is 8.05. The second-order valence-corrected chi connectivity index (χ2v) is 26.2. The van der Waals surface area contributed by atoms with E-state index in [0.29, 0.717) is 119 Å². The van der Waals surface area contributed by atoms with E-state index in [2.05, 4.69) is 62.5 Å². The number of halogens is 4. The molecule has 10 rings (SSSR count). The van der Waals surface area contributed by atoms with Crippen LogP contribution in [0.1, 0.15) is 36.8 Å². The topological polar surface area (TPSA) is 309 Å². The minimum Gasteiger partial charge on any atom is -0.493 e. The van der Waals surface area contributed by atoms with Crippen LogP contribution in [-0.4, -0.2) is 209 Å². The largest absolute Gasteiger partial charge is 0.493 e. The number of amides is 6. The van der Waals surface area contributed by atoms with E-state index in [1.807, 2.05) is 60.7 Å². The number of hydrogen-bond acceptors (Lipinski definition) is 19. The van der Waals surface area contributed by atoms with Crippen molar-refractivity contribution in [3.05, 3.63) is 155 Å². The zero-order valence-corrected chi connectivity index (χ0v) is 59.6. The number of benzene rings is 6. The van der Waals surface area contributed by atoms with Crippen LogP contribution in [0.2, 0.25) is 10.0 Å². The molecule has 2 fully saturated rings. The number of rotatable bonds is 36. The average Bonchev–Trinajstić information content (AvgIpc) is 0.550. The third kappa shape index (κ3) is 22.4. The number of carbonyl (C=O) groups is 6. The van der Waals surface area contributed by atoms with E-state index in [1.54, 1.807) is 50.4 Å². The van der Waals surface area contributed by atoms with Crippen LogP contribution >= 0.6 is 23.2 Å². The molecule has 31 heteroatoms. The zero-order valence-electron chi connectivity index (χ0n) is 58.1. The van der Waals surface area contributed by atoms with Gasteiger partial charge in [0.2, 0.25) is 35.4 Å². The molecule has 104 heavy (non-hydrogen) atoms. The number of fused-ring (bicyclic) bond motifs is 2. The molecule has 0 spiro atoms. The maximum atomic E-state index is 13.9. The van der Waals surface area contributed by atoms with Crippen molar-refractivity contribution in [2.45, 2.75) is 38.8 Å². The van der Waals surface area contributed by atoms with Crippen LogP contribution in [0.5, 0.6) is 23.0 Å². The third-order valence-corrected chi connectivity index (χ3v) is 18.4. The fourth-order valence-electron chi connectivity index (χ4n) is 12.1. The minimum absolute atomic E-state index is 0.0191. The Morgan fingerprint density at radius 2 is 0.856 bits per heavy atom. The quantitative estimate of drug-likeness (QED) is 0.0136. The lowest BCUT2D eigenvalue weighted by Crippen LogP contribution is -2.55. The molecule has 8 aromatic rings. The SMILES string of the molecule is COc1cc2ncnc(Nc3ccc(F)c(Cl)c3)c2cc1OCCC[N+]1(Cc2ccc(NC(=O)CNC(=O)CNC(=O)CCN(C)CCC(=O)NCC(=O)NCC(=O)Nc3ccc(C[N+]4(CCCOc5cc6c(Nc7ccc(F)c(Cl)c7)ncnc6cc5OC)CCOCC4)cc3)cc2)CCOCC1. The summed E-state index contributed by atoms with van der Waals surface area (Å²) in [4.78, 5) is 95.5. The van der Waals surface area contributed by atoms with E-state index in [-0.39, 0.29) is 62.2 Å². The van der Waals surface area contributed by atoms with E-state index >= 15 is 0 Å². The molecule has 27 nitrogen and oxygen atoms in total. The van der Waals surface area contributed by atoms with Gasteiger partial charge in [-0.3, -0.25) is 28.8 Å². The van der Waals surface area contributed by atoms with Crippen molar-refractivity contribution in [2.24, 2.45) is 0 Å². The molecule has 550 valence electrons. The molecule has 0 saturated carbocycles. The molecule has 2 aliphatic rings. The number of aromatic nitrogens is 4. The Hall–Kier alpha value is -10.1. The van der Waals surface area contributed by atoms with Gasteiger partial charge in [0, 0.05) is 95.6 Å². The molecule has 4 heterocycles. The summed E-state index contributed by atoms with van der Waals surface area (Å²) in [5.74, 6) is -0.811. The first-order chi connectivity index (χ1) is 50.3. The summed E-state index contributed by atoms with van der Waals surface area (Å²) in [5, 5.41) is 23.4. The molecule has 2 aliphatic heterocycles. The molecule has 0 aliphatic carbocycles. The smallest absolute Gasteiger partial charge is 0.243 e. The van der Waals surface area contributed by atoms with Crippen molar-refractivity contribution in [2.75, 3.05) is 161 Å². The number of ether oxygens (including phenoxy) is 6. The summed E-state index contributed by atoms with van der Waals surface area (Å²) in [6, 6.07) is 31.0. The minimum atomic E-state index is -0.552. The number of quaternary nitrogens is 2. The van der Waals surface area contributed by atoms with Crippen molar-refractivity contribution >= 4 is 115 Å². The van der Waals surface area contributed by atoms with Crippen molar-refractivity contribution < 1.29 is 74.9 Å². The lowest BCUT2D eigenvalue weighted by atomic mass is 10.1. The molecule has 2 aromatic heterocycles. The first-order valence-corrected chi connectivity index (χ1v) is 34.8. The number of carbonyl (C=O) groups excluding carboxylic acids is 6. The van der Waals surface area contributed by atoms with Crippen LogP contribution in [-0.2, 0) is 51.3 Å². The fourth-order valence-corrected chi connectivity index (χ4v) is 12.5. The predicted molar refractivity (Wildman–Crippen MR) is 389 cm³/mol. The Labute approximate surface area is 610 Å². The van der Waals surface area contributed by atoms with Gasteiger partial charge in [0.1, 0.15) is 75.2 Å². The third-order valence-electron chi connectivity index (χ3n) is 17.9. The number of nitrogens with one attached hydrogen (secondary N) is 8. The van der Waals surface area contributed by atoms with Crippen LogP contribution in [0.15, 0.2) is 122 Å². The molecule has 0 bridgehead atoms. The maximum absolute atomic E-state index is 13.9. The van der Waals surface area contributed by atoms with Crippen LogP contribution in [0.25, 0.3) is 21.8 Å². The van der Waals surface area contributed by atoms with Crippen LogP contribution in [0, 0.1) is 11.6 Å². The number of morpholine rings is 2. The van der Waals surface area contributed by atoms with E-state index in [0.717, 1.165) is 85.3 Å². The van der Waals surface area contributed by atoms with E-state index < -0.39 is 47.1 Å². The molecule has 6 amide bonds. The first kappa shape index (κ1) is 76.5. The van der Waals surface area contributed by atoms with Gasteiger partial charge in [-0.1, -0.05) is 47.5 Å². The molecule has 0 unspecified atom stereocenters. The van der Waals surface area contributed by atoms with Crippen LogP contribution in [0.4, 0.5) is 43.2 Å².